The second-order valence-corrected chi connectivity index (χ2v) is 7.56. The molecule has 0 radical (unpaired) electrons. The van der Waals surface area contributed by atoms with Crippen molar-refractivity contribution in [1.82, 2.24) is 4.90 Å². The summed E-state index contributed by atoms with van der Waals surface area (Å²) in [6.07, 6.45) is 1.88. The fourth-order valence-electron chi connectivity index (χ4n) is 4.71. The fraction of sp³-hybridized carbons (Fsp3) is 0.409. The third kappa shape index (κ3) is 2.98. The van der Waals surface area contributed by atoms with E-state index in [0.29, 0.717) is 11.5 Å². The van der Waals surface area contributed by atoms with Crippen LogP contribution in [0.15, 0.2) is 48.5 Å². The molecule has 0 amide bonds. The molecule has 4 nitrogen and oxygen atoms in total. The molecule has 0 aromatic heterocycles. The first-order valence-electron chi connectivity index (χ1n) is 9.20. The number of fused-ring (bicyclic) bond motifs is 1. The standard InChI is InChI=1S/C22H24N2O2/c1-26-20-4-2-3-19(11-20)22(25)10-9-18-14-24(15-21(18)22)13-17-7-5-16(12-23)6-8-17/h2-8,11,18,21,25H,9-10,13-15H2,1H3/t18-,21-,22-/m1/s1. The second kappa shape index (κ2) is 6.75. The van der Waals surface area contributed by atoms with Crippen LogP contribution in [0, 0.1) is 23.2 Å². The Morgan fingerprint density at radius 2 is 2.04 bits per heavy atom. The number of hydrogen-bond acceptors (Lipinski definition) is 4. The highest BCUT2D eigenvalue weighted by Gasteiger charge is 2.52. The highest BCUT2D eigenvalue weighted by Crippen LogP contribution is 2.51. The average molecular weight is 348 g/mol. The number of benzene rings is 2. The minimum absolute atomic E-state index is 0.257. The van der Waals surface area contributed by atoms with E-state index in [-0.39, 0.29) is 5.92 Å². The lowest BCUT2D eigenvalue weighted by Crippen LogP contribution is -2.34. The van der Waals surface area contributed by atoms with E-state index < -0.39 is 5.60 Å². The molecule has 3 atom stereocenters. The van der Waals surface area contributed by atoms with E-state index in [2.05, 4.69) is 11.0 Å². The molecule has 1 aliphatic carbocycles. The number of nitriles is 1. The third-order valence-corrected chi connectivity index (χ3v) is 6.09. The predicted octanol–water partition coefficient (Wildman–Crippen LogP) is 3.30. The molecule has 2 aromatic rings. The topological polar surface area (TPSA) is 56.5 Å². The van der Waals surface area contributed by atoms with Crippen molar-refractivity contribution >= 4 is 0 Å². The molecule has 26 heavy (non-hydrogen) atoms. The monoisotopic (exact) mass is 348 g/mol. The van der Waals surface area contributed by atoms with E-state index in [1.54, 1.807) is 7.11 Å². The van der Waals surface area contributed by atoms with Crippen molar-refractivity contribution in [2.75, 3.05) is 20.2 Å². The maximum absolute atomic E-state index is 11.5. The maximum Gasteiger partial charge on any atom is 0.119 e. The summed E-state index contributed by atoms with van der Waals surface area (Å²) in [7, 11) is 1.66. The molecule has 1 N–H and O–H groups in total. The van der Waals surface area contributed by atoms with Crippen molar-refractivity contribution in [3.8, 4) is 11.8 Å². The first kappa shape index (κ1) is 17.1. The number of hydrogen-bond donors (Lipinski definition) is 1. The van der Waals surface area contributed by atoms with Crippen LogP contribution in [0.1, 0.15) is 29.5 Å². The number of rotatable bonds is 4. The molecule has 0 unspecified atom stereocenters. The van der Waals surface area contributed by atoms with Gasteiger partial charge in [-0.25, -0.2) is 0 Å². The van der Waals surface area contributed by atoms with Crippen molar-refractivity contribution in [1.29, 1.82) is 5.26 Å². The van der Waals surface area contributed by atoms with Gasteiger partial charge in [-0.3, -0.25) is 4.90 Å². The third-order valence-electron chi connectivity index (χ3n) is 6.09. The number of aliphatic hydroxyl groups is 1. The molecular weight excluding hydrogens is 324 g/mol. The molecule has 4 rings (SSSR count). The van der Waals surface area contributed by atoms with Crippen LogP contribution in [-0.2, 0) is 12.1 Å². The van der Waals surface area contributed by atoms with Crippen molar-refractivity contribution in [3.63, 3.8) is 0 Å². The highest BCUT2D eigenvalue weighted by molar-refractivity contribution is 5.35. The van der Waals surface area contributed by atoms with E-state index in [4.69, 9.17) is 10.00 Å². The minimum atomic E-state index is -0.765. The molecule has 0 bridgehead atoms. The van der Waals surface area contributed by atoms with Gasteiger partial charge in [-0.05, 0) is 54.2 Å². The lowest BCUT2D eigenvalue weighted by Gasteiger charge is -2.31. The van der Waals surface area contributed by atoms with Crippen molar-refractivity contribution in [2.45, 2.75) is 25.0 Å². The zero-order valence-corrected chi connectivity index (χ0v) is 15.1. The van der Waals surface area contributed by atoms with Gasteiger partial charge in [0.05, 0.1) is 24.3 Å². The summed E-state index contributed by atoms with van der Waals surface area (Å²) in [5, 5.41) is 20.4. The van der Waals surface area contributed by atoms with Crippen molar-refractivity contribution in [2.24, 2.45) is 11.8 Å². The van der Waals surface area contributed by atoms with Crippen LogP contribution < -0.4 is 4.74 Å². The number of methoxy groups -OCH3 is 1. The predicted molar refractivity (Wildman–Crippen MR) is 99.5 cm³/mol. The normalized spacial score (nSPS) is 27.9. The van der Waals surface area contributed by atoms with E-state index >= 15 is 0 Å². The van der Waals surface area contributed by atoms with Gasteiger partial charge in [0.15, 0.2) is 0 Å². The summed E-state index contributed by atoms with van der Waals surface area (Å²) in [5.74, 6) is 1.59. The first-order valence-corrected chi connectivity index (χ1v) is 9.20. The summed E-state index contributed by atoms with van der Waals surface area (Å²) in [6.45, 7) is 2.79. The average Bonchev–Trinajstić information content (AvgIpc) is 3.23. The van der Waals surface area contributed by atoms with E-state index in [1.165, 1.54) is 5.56 Å². The molecule has 2 aliphatic rings. The molecule has 4 heteroatoms. The van der Waals surface area contributed by atoms with E-state index in [1.807, 2.05) is 48.5 Å². The molecular formula is C22H24N2O2. The van der Waals surface area contributed by atoms with Gasteiger partial charge in [0.2, 0.25) is 0 Å². The zero-order valence-electron chi connectivity index (χ0n) is 15.1. The zero-order chi connectivity index (χ0) is 18.1. The second-order valence-electron chi connectivity index (χ2n) is 7.56. The van der Waals surface area contributed by atoms with Crippen molar-refractivity contribution in [3.05, 3.63) is 65.2 Å². The molecule has 1 saturated heterocycles. The number of ether oxygens (including phenoxy) is 1. The Labute approximate surface area is 154 Å². The SMILES string of the molecule is COc1cccc([C@]2(O)CC[C@@H]3CN(Cc4ccc(C#N)cc4)C[C@H]32)c1. The van der Waals surface area contributed by atoms with Crippen LogP contribution >= 0.6 is 0 Å². The number of likely N-dealkylation sites (tertiary alicyclic amines) is 1. The van der Waals surface area contributed by atoms with Crippen LogP contribution in [-0.4, -0.2) is 30.2 Å². The minimum Gasteiger partial charge on any atom is -0.497 e. The van der Waals surface area contributed by atoms with Gasteiger partial charge in [-0.2, -0.15) is 5.26 Å². The molecule has 2 aromatic carbocycles. The van der Waals surface area contributed by atoms with Gasteiger partial charge in [0.25, 0.3) is 0 Å². The summed E-state index contributed by atoms with van der Waals surface area (Å²) < 4.78 is 5.35. The Hall–Kier alpha value is -2.35. The molecule has 1 heterocycles. The van der Waals surface area contributed by atoms with E-state index in [0.717, 1.165) is 43.8 Å². The Bertz CT molecular complexity index is 827. The Morgan fingerprint density at radius 3 is 2.77 bits per heavy atom. The largest absolute Gasteiger partial charge is 0.497 e. The molecule has 1 saturated carbocycles. The first-order chi connectivity index (χ1) is 12.6. The molecule has 134 valence electrons. The lowest BCUT2D eigenvalue weighted by molar-refractivity contribution is -0.00699. The summed E-state index contributed by atoms with van der Waals surface area (Å²) >= 11 is 0. The highest BCUT2D eigenvalue weighted by atomic mass is 16.5. The quantitative estimate of drug-likeness (QED) is 0.921. The summed E-state index contributed by atoms with van der Waals surface area (Å²) in [5.41, 5.74) is 2.12. The van der Waals surface area contributed by atoms with Gasteiger partial charge in [0, 0.05) is 25.6 Å². The Morgan fingerprint density at radius 1 is 1.23 bits per heavy atom. The number of nitrogens with zero attached hydrogens (tertiary/aromatic N) is 2. The van der Waals surface area contributed by atoms with Crippen LogP contribution in [0.4, 0.5) is 0 Å². The Balaban J connectivity index is 1.50. The maximum atomic E-state index is 11.5. The smallest absolute Gasteiger partial charge is 0.119 e. The van der Waals surface area contributed by atoms with Crippen LogP contribution in [0.2, 0.25) is 0 Å². The molecule has 1 aliphatic heterocycles. The van der Waals surface area contributed by atoms with E-state index in [9.17, 15) is 5.11 Å². The van der Waals surface area contributed by atoms with Gasteiger partial charge >= 0.3 is 0 Å². The van der Waals surface area contributed by atoms with Crippen LogP contribution in [0.25, 0.3) is 0 Å². The molecule has 2 fully saturated rings. The van der Waals surface area contributed by atoms with Crippen LogP contribution in [0.3, 0.4) is 0 Å². The van der Waals surface area contributed by atoms with Gasteiger partial charge in [-0.15, -0.1) is 0 Å². The van der Waals surface area contributed by atoms with Gasteiger partial charge in [0.1, 0.15) is 5.75 Å². The van der Waals surface area contributed by atoms with Crippen molar-refractivity contribution < 1.29 is 9.84 Å². The summed E-state index contributed by atoms with van der Waals surface area (Å²) in [6, 6.07) is 17.8. The summed E-state index contributed by atoms with van der Waals surface area (Å²) in [4.78, 5) is 2.43. The van der Waals surface area contributed by atoms with Gasteiger partial charge < -0.3 is 9.84 Å². The van der Waals surface area contributed by atoms with Crippen LogP contribution in [0.5, 0.6) is 5.75 Å². The lowest BCUT2D eigenvalue weighted by atomic mass is 9.82. The fourth-order valence-corrected chi connectivity index (χ4v) is 4.71. The molecule has 0 spiro atoms. The Kier molecular flexibility index (Phi) is 4.44. The van der Waals surface area contributed by atoms with Gasteiger partial charge in [-0.1, -0.05) is 24.3 Å².